The third-order valence-electron chi connectivity index (χ3n) is 6.39. The lowest BCUT2D eigenvalue weighted by Crippen LogP contribution is -2.43. The highest BCUT2D eigenvalue weighted by molar-refractivity contribution is 7.90. The lowest BCUT2D eigenvalue weighted by Gasteiger charge is -2.29. The van der Waals surface area contributed by atoms with Gasteiger partial charge in [0.2, 0.25) is 5.95 Å². The molecule has 192 valence electrons. The number of pyridine rings is 1. The topological polar surface area (TPSA) is 109 Å². The number of hydrogen-bond acceptors (Lipinski definition) is 8. The van der Waals surface area contributed by atoms with Crippen LogP contribution in [0.3, 0.4) is 0 Å². The molecule has 11 heteroatoms. The molecule has 0 unspecified atom stereocenters. The maximum Gasteiger partial charge on any atom is 0.260 e. The van der Waals surface area contributed by atoms with Gasteiger partial charge in [-0.1, -0.05) is 17.7 Å². The fraction of sp³-hybridized carbons (Fsp3) is 0.269. The smallest absolute Gasteiger partial charge is 0.260 e. The molecule has 0 amide bonds. The predicted molar refractivity (Wildman–Crippen MR) is 148 cm³/mol. The van der Waals surface area contributed by atoms with Crippen LogP contribution in [0.15, 0.2) is 64.4 Å². The van der Waals surface area contributed by atoms with Crippen molar-refractivity contribution in [1.29, 1.82) is 0 Å². The van der Waals surface area contributed by atoms with Gasteiger partial charge in [-0.2, -0.15) is 4.98 Å². The number of aryl methyl sites for hydroxylation is 1. The molecule has 1 saturated heterocycles. The van der Waals surface area contributed by atoms with Crippen molar-refractivity contribution in [2.75, 3.05) is 42.7 Å². The summed E-state index contributed by atoms with van der Waals surface area (Å²) in [6, 6.07) is 14.3. The van der Waals surface area contributed by atoms with Gasteiger partial charge in [-0.25, -0.2) is 13.4 Å². The number of nitrogens with one attached hydrogen (secondary N) is 2. The molecule has 0 atom stereocenters. The highest BCUT2D eigenvalue weighted by Gasteiger charge is 2.22. The van der Waals surface area contributed by atoms with E-state index >= 15 is 0 Å². The quantitative estimate of drug-likeness (QED) is 0.382. The fourth-order valence-electron chi connectivity index (χ4n) is 4.57. The molecule has 0 bridgehead atoms. The van der Waals surface area contributed by atoms with Crippen LogP contribution >= 0.6 is 11.6 Å². The van der Waals surface area contributed by atoms with E-state index < -0.39 is 9.84 Å². The molecule has 5 rings (SSSR count). The lowest BCUT2D eigenvalue weighted by atomic mass is 10.1. The zero-order valence-corrected chi connectivity index (χ0v) is 22.1. The van der Waals surface area contributed by atoms with E-state index in [2.05, 4.69) is 37.6 Å². The zero-order chi connectivity index (χ0) is 26.2. The molecule has 4 aromatic rings. The summed E-state index contributed by atoms with van der Waals surface area (Å²) >= 11 is 6.40. The Bertz CT molecular complexity index is 1630. The Hall–Kier alpha value is -3.47. The minimum atomic E-state index is -3.63. The number of aromatic nitrogens is 3. The van der Waals surface area contributed by atoms with E-state index in [1.54, 1.807) is 24.4 Å². The van der Waals surface area contributed by atoms with E-state index in [0.29, 0.717) is 23.5 Å². The van der Waals surface area contributed by atoms with Crippen molar-refractivity contribution < 1.29 is 8.42 Å². The van der Waals surface area contributed by atoms with Crippen molar-refractivity contribution >= 4 is 49.8 Å². The van der Waals surface area contributed by atoms with E-state index in [-0.39, 0.29) is 26.6 Å². The number of halogens is 1. The second kappa shape index (κ2) is 10.1. The van der Waals surface area contributed by atoms with Gasteiger partial charge in [0.1, 0.15) is 5.65 Å². The Morgan fingerprint density at radius 1 is 1.11 bits per heavy atom. The molecule has 0 radical (unpaired) electrons. The van der Waals surface area contributed by atoms with E-state index in [9.17, 15) is 13.2 Å². The minimum Gasteiger partial charge on any atom is -0.369 e. The van der Waals surface area contributed by atoms with Gasteiger partial charge in [-0.15, -0.1) is 0 Å². The third kappa shape index (κ3) is 5.04. The summed E-state index contributed by atoms with van der Waals surface area (Å²) in [4.78, 5) is 24.9. The summed E-state index contributed by atoms with van der Waals surface area (Å²) in [6.07, 6.45) is 2.71. The number of rotatable bonds is 6. The second-order valence-electron chi connectivity index (χ2n) is 8.87. The van der Waals surface area contributed by atoms with Crippen LogP contribution in [-0.4, -0.2) is 55.4 Å². The van der Waals surface area contributed by atoms with Gasteiger partial charge in [0.05, 0.1) is 10.5 Å². The van der Waals surface area contributed by atoms with Crippen LogP contribution in [0.4, 0.5) is 17.3 Å². The van der Waals surface area contributed by atoms with Crippen molar-refractivity contribution in [1.82, 2.24) is 19.9 Å². The average Bonchev–Trinajstić information content (AvgIpc) is 2.89. The highest BCUT2D eigenvalue weighted by atomic mass is 35.5. The number of sulfone groups is 1. The number of fused-ring (bicyclic) bond motifs is 1. The summed E-state index contributed by atoms with van der Waals surface area (Å²) in [6.45, 7) is 6.04. The SMILES string of the molecule is CCn1c(=O)c(-c2c(Cl)cccc2S(C)(=O)=O)cc2cnc(Nc3ccc(N4CCNCC4)cc3)nc21. The largest absolute Gasteiger partial charge is 0.369 e. The summed E-state index contributed by atoms with van der Waals surface area (Å²) in [7, 11) is -3.63. The lowest BCUT2D eigenvalue weighted by molar-refractivity contribution is 0.589. The number of benzene rings is 2. The molecular formula is C26H27ClN6O3S. The van der Waals surface area contributed by atoms with Gasteiger partial charge < -0.3 is 15.5 Å². The Labute approximate surface area is 220 Å². The number of piperazine rings is 1. The van der Waals surface area contributed by atoms with E-state index in [1.807, 2.05) is 19.1 Å². The normalized spacial score (nSPS) is 14.2. The second-order valence-corrected chi connectivity index (χ2v) is 11.3. The Morgan fingerprint density at radius 3 is 2.51 bits per heavy atom. The van der Waals surface area contributed by atoms with Crippen molar-refractivity contribution in [2.45, 2.75) is 18.4 Å². The molecule has 2 aromatic heterocycles. The first-order chi connectivity index (χ1) is 17.8. The first-order valence-electron chi connectivity index (χ1n) is 12.0. The molecule has 37 heavy (non-hydrogen) atoms. The van der Waals surface area contributed by atoms with Gasteiger partial charge in [0.25, 0.3) is 5.56 Å². The van der Waals surface area contributed by atoms with E-state index in [0.717, 1.165) is 43.8 Å². The van der Waals surface area contributed by atoms with Crippen molar-refractivity contribution in [3.05, 3.63) is 70.1 Å². The molecule has 1 fully saturated rings. The van der Waals surface area contributed by atoms with Crippen molar-refractivity contribution in [2.24, 2.45) is 0 Å². The van der Waals surface area contributed by atoms with Crippen LogP contribution in [0, 0.1) is 0 Å². The molecular weight excluding hydrogens is 512 g/mol. The van der Waals surface area contributed by atoms with Crippen LogP contribution in [0.1, 0.15) is 6.92 Å². The average molecular weight is 539 g/mol. The Balaban J connectivity index is 1.52. The Morgan fingerprint density at radius 2 is 1.84 bits per heavy atom. The molecule has 9 nitrogen and oxygen atoms in total. The first kappa shape index (κ1) is 25.2. The molecule has 3 heterocycles. The number of hydrogen-bond donors (Lipinski definition) is 2. The van der Waals surface area contributed by atoms with Gasteiger partial charge in [0, 0.05) is 72.5 Å². The molecule has 1 aliphatic rings. The maximum absolute atomic E-state index is 13.5. The molecule has 1 aliphatic heterocycles. The minimum absolute atomic E-state index is 0.00238. The standard InChI is InChI=1S/C26H27ClN6O3S/c1-3-33-24-17(15-20(25(33)34)23-21(27)5-4-6-22(23)37(2,35)36)16-29-26(31-24)30-18-7-9-19(10-8-18)32-13-11-28-12-14-32/h4-10,15-16,28H,3,11-14H2,1-2H3,(H,29,30,31). The number of nitrogens with zero attached hydrogens (tertiary/aromatic N) is 4. The molecule has 0 aliphatic carbocycles. The predicted octanol–water partition coefficient (Wildman–Crippen LogP) is 3.69. The number of anilines is 3. The molecule has 2 aromatic carbocycles. The van der Waals surface area contributed by atoms with E-state index in [4.69, 9.17) is 11.6 Å². The van der Waals surface area contributed by atoms with Crippen LogP contribution in [-0.2, 0) is 16.4 Å². The fourth-order valence-corrected chi connectivity index (χ4v) is 5.82. The third-order valence-corrected chi connectivity index (χ3v) is 7.85. The monoisotopic (exact) mass is 538 g/mol. The molecule has 0 spiro atoms. The first-order valence-corrected chi connectivity index (χ1v) is 14.3. The summed E-state index contributed by atoms with van der Waals surface area (Å²) < 4.78 is 26.4. The highest BCUT2D eigenvalue weighted by Crippen LogP contribution is 2.33. The van der Waals surface area contributed by atoms with Gasteiger partial charge in [-0.3, -0.25) is 9.36 Å². The zero-order valence-electron chi connectivity index (χ0n) is 20.5. The summed E-state index contributed by atoms with van der Waals surface area (Å²) in [5.74, 6) is 0.353. The summed E-state index contributed by atoms with van der Waals surface area (Å²) in [5.41, 5.74) is 2.43. The summed E-state index contributed by atoms with van der Waals surface area (Å²) in [5, 5.41) is 7.34. The van der Waals surface area contributed by atoms with Gasteiger partial charge in [-0.05, 0) is 49.4 Å². The van der Waals surface area contributed by atoms with E-state index in [1.165, 1.54) is 10.6 Å². The Kier molecular flexibility index (Phi) is 6.89. The van der Waals surface area contributed by atoms with Crippen molar-refractivity contribution in [3.8, 4) is 11.1 Å². The van der Waals surface area contributed by atoms with Crippen LogP contribution in [0.2, 0.25) is 5.02 Å². The molecule has 2 N–H and O–H groups in total. The van der Waals surface area contributed by atoms with Gasteiger partial charge >= 0.3 is 0 Å². The maximum atomic E-state index is 13.5. The van der Waals surface area contributed by atoms with Gasteiger partial charge in [0.15, 0.2) is 9.84 Å². The van der Waals surface area contributed by atoms with Crippen LogP contribution in [0.25, 0.3) is 22.2 Å². The van der Waals surface area contributed by atoms with Crippen LogP contribution < -0.4 is 21.1 Å². The molecule has 0 saturated carbocycles. The van der Waals surface area contributed by atoms with Crippen LogP contribution in [0.5, 0.6) is 0 Å². The van der Waals surface area contributed by atoms with Crippen molar-refractivity contribution in [3.63, 3.8) is 0 Å².